The molecule has 0 atom stereocenters. The summed E-state index contributed by atoms with van der Waals surface area (Å²) in [4.78, 5) is 15.2. The van der Waals surface area contributed by atoms with Crippen LogP contribution < -0.4 is 0 Å². The average Bonchev–Trinajstić information content (AvgIpc) is 3.87. The van der Waals surface area contributed by atoms with Crippen molar-refractivity contribution in [1.29, 1.82) is 0 Å². The fraction of sp³-hybridized carbons (Fsp3) is 0. The Bertz CT molecular complexity index is 3600. The number of benzene rings is 9. The third-order valence-corrected chi connectivity index (χ3v) is 11.6. The van der Waals surface area contributed by atoms with Crippen LogP contribution in [0.1, 0.15) is 0 Å². The van der Waals surface area contributed by atoms with E-state index in [2.05, 4.69) is 168 Å². The minimum absolute atomic E-state index is 0.619. The molecule has 0 fully saturated rings. The quantitative estimate of drug-likeness (QED) is 0.169. The molecule has 0 aliphatic rings. The van der Waals surface area contributed by atoms with Crippen molar-refractivity contribution in [3.63, 3.8) is 0 Å². The smallest absolute Gasteiger partial charge is 0.164 e. The van der Waals surface area contributed by atoms with E-state index in [0.29, 0.717) is 17.5 Å². The molecule has 0 radical (unpaired) electrons. The Balaban J connectivity index is 0.956. The predicted octanol–water partition coefficient (Wildman–Crippen LogP) is 14.4. The molecular formula is C55H34N4O. The number of rotatable bonds is 6. The SMILES string of the molecule is c1ccc(-c2nc(-c3ccc(-n4c5ccccc5c5ccc(-c6ccc7oc8ccccc8c7c6)cc54)cc3)nc(-c3cccc(-c4ccc5ccccc5c4)c3)n2)cc1. The molecular weight excluding hydrogens is 733 g/mol. The maximum absolute atomic E-state index is 6.15. The number of fused-ring (bicyclic) bond motifs is 7. The number of aromatic nitrogens is 4. The molecule has 280 valence electrons. The molecule has 12 aromatic rings. The van der Waals surface area contributed by atoms with Gasteiger partial charge in [0.1, 0.15) is 11.2 Å². The summed E-state index contributed by atoms with van der Waals surface area (Å²) in [6.07, 6.45) is 0. The van der Waals surface area contributed by atoms with Gasteiger partial charge in [0.15, 0.2) is 17.5 Å². The van der Waals surface area contributed by atoms with Crippen molar-refractivity contribution in [1.82, 2.24) is 19.5 Å². The number of hydrogen-bond donors (Lipinski definition) is 0. The molecule has 5 heteroatoms. The highest BCUT2D eigenvalue weighted by Crippen LogP contribution is 2.38. The van der Waals surface area contributed by atoms with Crippen molar-refractivity contribution in [2.24, 2.45) is 0 Å². The van der Waals surface area contributed by atoms with Crippen molar-refractivity contribution in [2.45, 2.75) is 0 Å². The van der Waals surface area contributed by atoms with Crippen molar-refractivity contribution >= 4 is 54.5 Å². The zero-order valence-electron chi connectivity index (χ0n) is 32.3. The van der Waals surface area contributed by atoms with E-state index in [9.17, 15) is 0 Å². The normalized spacial score (nSPS) is 11.7. The maximum Gasteiger partial charge on any atom is 0.164 e. The minimum atomic E-state index is 0.619. The van der Waals surface area contributed by atoms with E-state index in [1.165, 1.54) is 21.5 Å². The second-order valence-electron chi connectivity index (χ2n) is 15.3. The van der Waals surface area contributed by atoms with Crippen molar-refractivity contribution in [2.75, 3.05) is 0 Å². The molecule has 0 amide bonds. The Labute approximate surface area is 345 Å². The number of nitrogens with zero attached hydrogens (tertiary/aromatic N) is 4. The van der Waals surface area contributed by atoms with Crippen molar-refractivity contribution < 1.29 is 4.42 Å². The average molecular weight is 767 g/mol. The number of para-hydroxylation sites is 2. The van der Waals surface area contributed by atoms with Gasteiger partial charge in [-0.1, -0.05) is 140 Å². The van der Waals surface area contributed by atoms with Gasteiger partial charge in [0.2, 0.25) is 0 Å². The first kappa shape index (κ1) is 33.9. The summed E-state index contributed by atoms with van der Waals surface area (Å²) in [6, 6.07) is 72.4. The minimum Gasteiger partial charge on any atom is -0.456 e. The maximum atomic E-state index is 6.15. The Kier molecular flexibility index (Phi) is 7.78. The molecule has 12 rings (SSSR count). The summed E-state index contributed by atoms with van der Waals surface area (Å²) in [7, 11) is 0. The Morgan fingerprint density at radius 1 is 0.300 bits per heavy atom. The number of furan rings is 1. The van der Waals surface area contributed by atoms with Gasteiger partial charge < -0.3 is 8.98 Å². The van der Waals surface area contributed by atoms with E-state index in [0.717, 1.165) is 77.6 Å². The molecule has 0 unspecified atom stereocenters. The molecule has 60 heavy (non-hydrogen) atoms. The molecule has 0 spiro atoms. The molecule has 3 aromatic heterocycles. The Morgan fingerprint density at radius 3 is 1.70 bits per heavy atom. The van der Waals surface area contributed by atoms with Crippen molar-refractivity contribution in [3.8, 4) is 62.1 Å². The van der Waals surface area contributed by atoms with Gasteiger partial charge in [0.25, 0.3) is 0 Å². The van der Waals surface area contributed by atoms with Crippen LogP contribution in [0.15, 0.2) is 211 Å². The lowest BCUT2D eigenvalue weighted by molar-refractivity contribution is 0.669. The highest BCUT2D eigenvalue weighted by atomic mass is 16.3. The largest absolute Gasteiger partial charge is 0.456 e. The van der Waals surface area contributed by atoms with Gasteiger partial charge in [-0.15, -0.1) is 0 Å². The zero-order valence-corrected chi connectivity index (χ0v) is 32.3. The summed E-state index contributed by atoms with van der Waals surface area (Å²) in [6.45, 7) is 0. The topological polar surface area (TPSA) is 56.7 Å². The third kappa shape index (κ3) is 5.75. The summed E-state index contributed by atoms with van der Waals surface area (Å²) in [5, 5.41) is 7.08. The van der Waals surface area contributed by atoms with Crippen LogP contribution in [0.4, 0.5) is 0 Å². The van der Waals surface area contributed by atoms with Crippen LogP contribution in [0.3, 0.4) is 0 Å². The molecule has 9 aromatic carbocycles. The molecule has 3 heterocycles. The first-order chi connectivity index (χ1) is 29.7. The fourth-order valence-electron chi connectivity index (χ4n) is 8.65. The van der Waals surface area contributed by atoms with Gasteiger partial charge in [-0.05, 0) is 99.8 Å². The van der Waals surface area contributed by atoms with Crippen LogP contribution in [0.5, 0.6) is 0 Å². The highest BCUT2D eigenvalue weighted by molar-refractivity contribution is 6.11. The Morgan fingerprint density at radius 2 is 0.850 bits per heavy atom. The second kappa shape index (κ2) is 13.8. The molecule has 0 aliphatic heterocycles. The van der Waals surface area contributed by atoms with E-state index in [4.69, 9.17) is 19.4 Å². The Hall–Kier alpha value is -8.15. The van der Waals surface area contributed by atoms with Crippen LogP contribution in [0.2, 0.25) is 0 Å². The predicted molar refractivity (Wildman–Crippen MR) is 246 cm³/mol. The van der Waals surface area contributed by atoms with Crippen LogP contribution in [0, 0.1) is 0 Å². The van der Waals surface area contributed by atoms with E-state index in [1.54, 1.807) is 0 Å². The highest BCUT2D eigenvalue weighted by Gasteiger charge is 2.17. The summed E-state index contributed by atoms with van der Waals surface area (Å²) in [5.41, 5.74) is 12.5. The van der Waals surface area contributed by atoms with Gasteiger partial charge in [-0.2, -0.15) is 0 Å². The third-order valence-electron chi connectivity index (χ3n) is 11.6. The van der Waals surface area contributed by atoms with E-state index >= 15 is 0 Å². The van der Waals surface area contributed by atoms with E-state index in [-0.39, 0.29) is 0 Å². The lowest BCUT2D eigenvalue weighted by atomic mass is 9.99. The van der Waals surface area contributed by atoms with Gasteiger partial charge in [0.05, 0.1) is 11.0 Å². The molecule has 0 N–H and O–H groups in total. The van der Waals surface area contributed by atoms with E-state index < -0.39 is 0 Å². The van der Waals surface area contributed by atoms with E-state index in [1.807, 2.05) is 42.5 Å². The molecule has 0 saturated heterocycles. The monoisotopic (exact) mass is 766 g/mol. The molecule has 0 saturated carbocycles. The van der Waals surface area contributed by atoms with Crippen LogP contribution in [-0.4, -0.2) is 19.5 Å². The van der Waals surface area contributed by atoms with Crippen LogP contribution in [-0.2, 0) is 0 Å². The molecule has 0 bridgehead atoms. The first-order valence-corrected chi connectivity index (χ1v) is 20.2. The van der Waals surface area contributed by atoms with Gasteiger partial charge in [0, 0.05) is 43.9 Å². The number of hydrogen-bond acceptors (Lipinski definition) is 4. The molecule has 0 aliphatic carbocycles. The lowest BCUT2D eigenvalue weighted by Crippen LogP contribution is -2.00. The summed E-state index contributed by atoms with van der Waals surface area (Å²) < 4.78 is 8.50. The van der Waals surface area contributed by atoms with Crippen LogP contribution >= 0.6 is 0 Å². The molecule has 5 nitrogen and oxygen atoms in total. The zero-order chi connectivity index (χ0) is 39.6. The first-order valence-electron chi connectivity index (χ1n) is 20.2. The van der Waals surface area contributed by atoms with Gasteiger partial charge in [-0.25, -0.2) is 15.0 Å². The summed E-state index contributed by atoms with van der Waals surface area (Å²) >= 11 is 0. The second-order valence-corrected chi connectivity index (χ2v) is 15.3. The summed E-state index contributed by atoms with van der Waals surface area (Å²) in [5.74, 6) is 1.88. The van der Waals surface area contributed by atoms with Crippen molar-refractivity contribution in [3.05, 3.63) is 206 Å². The standard InChI is InChI=1S/C55H34N4O/c1-2-12-36(13-3-1)53-56-54(58-55(57-53)43-16-10-15-39(32-43)40-22-21-35-11-4-5-14-38(35)31-40)37-23-27-44(28-24-37)59-49-19-8-6-17-45(49)46-29-25-42(34-50(46)59)41-26-30-52-48(33-41)47-18-7-9-20-51(47)60-52/h1-34H. The van der Waals surface area contributed by atoms with Gasteiger partial charge >= 0.3 is 0 Å². The lowest BCUT2D eigenvalue weighted by Gasteiger charge is -2.12. The fourth-order valence-corrected chi connectivity index (χ4v) is 8.65. The van der Waals surface area contributed by atoms with Gasteiger partial charge in [-0.3, -0.25) is 0 Å². The van der Waals surface area contributed by atoms with Crippen LogP contribution in [0.25, 0.3) is 117 Å².